The third kappa shape index (κ3) is 12.6. The van der Waals surface area contributed by atoms with Crippen molar-refractivity contribution in [2.45, 2.75) is 86.0 Å². The molecule has 1 aliphatic heterocycles. The topological polar surface area (TPSA) is 17.1 Å². The Balaban J connectivity index is 2.20. The molecule has 0 N–H and O–H groups in total. The van der Waals surface area contributed by atoms with Gasteiger partial charge in [0.25, 0.3) is 0 Å². The first-order valence-electron chi connectivity index (χ1n) is 10.3. The van der Waals surface area contributed by atoms with Crippen LogP contribution in [0.3, 0.4) is 0 Å². The Morgan fingerprint density at radius 2 is 1.26 bits per heavy atom. The SMILES string of the molecule is CC(C)=CCCC(C)=CCCC(C)=CCCC(C)=CCCC1=CS(=O)C=C1. The average molecular weight is 387 g/mol. The summed E-state index contributed by atoms with van der Waals surface area (Å²) in [6, 6.07) is 0. The van der Waals surface area contributed by atoms with Gasteiger partial charge >= 0.3 is 0 Å². The van der Waals surface area contributed by atoms with E-state index in [1.807, 2.05) is 11.5 Å². The van der Waals surface area contributed by atoms with Crippen LogP contribution in [0.5, 0.6) is 0 Å². The molecule has 0 bridgehead atoms. The average Bonchev–Trinajstić information content (AvgIpc) is 3.00. The molecule has 0 aromatic heterocycles. The molecule has 0 amide bonds. The lowest BCUT2D eigenvalue weighted by Gasteiger charge is -2.03. The lowest BCUT2D eigenvalue weighted by molar-refractivity contribution is 0.693. The summed E-state index contributed by atoms with van der Waals surface area (Å²) >= 11 is 0. The van der Waals surface area contributed by atoms with Crippen LogP contribution in [0.4, 0.5) is 0 Å². The summed E-state index contributed by atoms with van der Waals surface area (Å²) in [6.45, 7) is 11.1. The molecule has 0 saturated carbocycles. The van der Waals surface area contributed by atoms with Crippen molar-refractivity contribution >= 4 is 10.8 Å². The van der Waals surface area contributed by atoms with Crippen molar-refractivity contribution in [1.29, 1.82) is 0 Å². The van der Waals surface area contributed by atoms with E-state index >= 15 is 0 Å². The van der Waals surface area contributed by atoms with Gasteiger partial charge in [0.05, 0.1) is 10.8 Å². The van der Waals surface area contributed by atoms with Crippen LogP contribution >= 0.6 is 0 Å². The van der Waals surface area contributed by atoms with Gasteiger partial charge in [-0.25, -0.2) is 0 Å². The molecule has 27 heavy (non-hydrogen) atoms. The van der Waals surface area contributed by atoms with Gasteiger partial charge in [0.15, 0.2) is 0 Å². The Morgan fingerprint density at radius 1 is 0.778 bits per heavy atom. The highest BCUT2D eigenvalue weighted by atomic mass is 32.2. The molecule has 2 heteroatoms. The van der Waals surface area contributed by atoms with Crippen molar-refractivity contribution < 1.29 is 4.21 Å². The molecule has 0 aromatic carbocycles. The van der Waals surface area contributed by atoms with Crippen molar-refractivity contribution in [3.05, 3.63) is 69.1 Å². The maximum atomic E-state index is 11.3. The largest absolute Gasteiger partial charge is 0.250 e. The molecule has 1 unspecified atom stereocenters. The number of rotatable bonds is 12. The molecule has 1 atom stereocenters. The molecular weight excluding hydrogens is 348 g/mol. The standard InChI is InChI=1S/C25H38OS/c1-21(2)10-6-11-22(3)12-7-13-23(4)14-8-15-24(5)16-9-17-25-18-19-27(26)20-25/h10,12,14,16,18-20H,6-9,11,13,15,17H2,1-5H3. The van der Waals surface area contributed by atoms with Gasteiger partial charge in [-0.1, -0.05) is 46.6 Å². The summed E-state index contributed by atoms with van der Waals surface area (Å²) in [4.78, 5) is 0. The first-order valence-corrected chi connectivity index (χ1v) is 11.5. The van der Waals surface area contributed by atoms with Crippen LogP contribution in [0.2, 0.25) is 0 Å². The van der Waals surface area contributed by atoms with Gasteiger partial charge in [-0.15, -0.1) is 0 Å². The quantitative estimate of drug-likeness (QED) is 0.310. The van der Waals surface area contributed by atoms with E-state index in [-0.39, 0.29) is 0 Å². The summed E-state index contributed by atoms with van der Waals surface area (Å²) in [5.74, 6) is 0. The van der Waals surface area contributed by atoms with Crippen molar-refractivity contribution in [3.63, 3.8) is 0 Å². The monoisotopic (exact) mass is 386 g/mol. The highest BCUT2D eigenvalue weighted by molar-refractivity contribution is 7.91. The van der Waals surface area contributed by atoms with E-state index in [0.29, 0.717) is 0 Å². The third-order valence-electron chi connectivity index (χ3n) is 4.76. The fourth-order valence-electron chi connectivity index (χ4n) is 3.00. The second-order valence-corrected chi connectivity index (χ2v) is 9.08. The smallest absolute Gasteiger partial charge is 0.0705 e. The Kier molecular flexibility index (Phi) is 12.0. The van der Waals surface area contributed by atoms with Crippen molar-refractivity contribution in [3.8, 4) is 0 Å². The Morgan fingerprint density at radius 3 is 1.70 bits per heavy atom. The summed E-state index contributed by atoms with van der Waals surface area (Å²) < 4.78 is 11.3. The normalized spacial score (nSPS) is 18.0. The van der Waals surface area contributed by atoms with E-state index in [2.05, 4.69) is 58.9 Å². The number of hydrogen-bond acceptors (Lipinski definition) is 1. The van der Waals surface area contributed by atoms with Crippen LogP contribution in [0.15, 0.2) is 69.1 Å². The van der Waals surface area contributed by atoms with Crippen molar-refractivity contribution in [2.75, 3.05) is 0 Å². The van der Waals surface area contributed by atoms with Gasteiger partial charge in [0.1, 0.15) is 0 Å². The molecule has 0 aromatic rings. The molecular formula is C25H38OS. The van der Waals surface area contributed by atoms with Gasteiger partial charge in [-0.3, -0.25) is 4.21 Å². The summed E-state index contributed by atoms with van der Waals surface area (Å²) in [5.41, 5.74) is 7.08. The molecule has 0 saturated heterocycles. The molecule has 0 fully saturated rings. The Hall–Kier alpha value is -1.41. The van der Waals surface area contributed by atoms with Crippen LogP contribution in [0.25, 0.3) is 0 Å². The van der Waals surface area contributed by atoms with Gasteiger partial charge in [-0.05, 0) is 97.6 Å². The maximum absolute atomic E-state index is 11.3. The van der Waals surface area contributed by atoms with Crippen LogP contribution in [-0.2, 0) is 10.8 Å². The van der Waals surface area contributed by atoms with Crippen molar-refractivity contribution in [2.24, 2.45) is 0 Å². The third-order valence-corrected chi connectivity index (χ3v) is 5.70. The lowest BCUT2D eigenvalue weighted by Crippen LogP contribution is -1.83. The van der Waals surface area contributed by atoms with Crippen LogP contribution < -0.4 is 0 Å². The summed E-state index contributed by atoms with van der Waals surface area (Å²) in [6.07, 6.45) is 20.4. The molecule has 1 heterocycles. The lowest BCUT2D eigenvalue weighted by atomic mass is 10.0. The predicted octanol–water partition coefficient (Wildman–Crippen LogP) is 8.07. The Labute approximate surface area is 170 Å². The van der Waals surface area contributed by atoms with E-state index in [1.54, 1.807) is 5.41 Å². The molecule has 0 aliphatic carbocycles. The zero-order valence-corrected chi connectivity index (χ0v) is 18.8. The van der Waals surface area contributed by atoms with Gasteiger partial charge in [0, 0.05) is 10.8 Å². The second kappa shape index (κ2) is 13.7. The minimum absolute atomic E-state index is 0.865. The molecule has 0 spiro atoms. The highest BCUT2D eigenvalue weighted by Crippen LogP contribution is 2.17. The first-order chi connectivity index (χ1) is 12.9. The van der Waals surface area contributed by atoms with E-state index in [9.17, 15) is 4.21 Å². The second-order valence-electron chi connectivity index (χ2n) is 7.91. The predicted molar refractivity (Wildman–Crippen MR) is 123 cm³/mol. The fraction of sp³-hybridized carbons (Fsp3) is 0.520. The van der Waals surface area contributed by atoms with Crippen molar-refractivity contribution in [1.82, 2.24) is 0 Å². The minimum atomic E-state index is -0.865. The van der Waals surface area contributed by atoms with E-state index < -0.39 is 10.8 Å². The number of allylic oxidation sites excluding steroid dienone is 10. The summed E-state index contributed by atoms with van der Waals surface area (Å²) in [5, 5.41) is 3.62. The van der Waals surface area contributed by atoms with Crippen LogP contribution in [0.1, 0.15) is 86.0 Å². The maximum Gasteiger partial charge on any atom is 0.0705 e. The van der Waals surface area contributed by atoms with E-state index in [1.165, 1.54) is 40.7 Å². The van der Waals surface area contributed by atoms with E-state index in [0.717, 1.165) is 38.5 Å². The molecule has 1 rings (SSSR count). The van der Waals surface area contributed by atoms with Gasteiger partial charge in [-0.2, -0.15) is 0 Å². The fourth-order valence-corrected chi connectivity index (χ4v) is 3.88. The molecule has 1 aliphatic rings. The molecule has 0 radical (unpaired) electrons. The summed E-state index contributed by atoms with van der Waals surface area (Å²) in [7, 11) is -0.865. The minimum Gasteiger partial charge on any atom is -0.250 e. The zero-order valence-electron chi connectivity index (χ0n) is 18.0. The molecule has 1 nitrogen and oxygen atoms in total. The van der Waals surface area contributed by atoms with Crippen LogP contribution in [0, 0.1) is 0 Å². The van der Waals surface area contributed by atoms with E-state index in [4.69, 9.17) is 0 Å². The first kappa shape index (κ1) is 23.6. The molecule has 150 valence electrons. The van der Waals surface area contributed by atoms with Gasteiger partial charge in [0.2, 0.25) is 0 Å². The zero-order chi connectivity index (χ0) is 20.1. The van der Waals surface area contributed by atoms with Gasteiger partial charge < -0.3 is 0 Å². The van der Waals surface area contributed by atoms with Crippen LogP contribution in [-0.4, -0.2) is 4.21 Å². The Bertz CT molecular complexity index is 664. The number of hydrogen-bond donors (Lipinski definition) is 0. The highest BCUT2D eigenvalue weighted by Gasteiger charge is 2.02.